The van der Waals surface area contributed by atoms with Gasteiger partial charge >= 0.3 is 0 Å². The Hall–Kier alpha value is -14.0. The minimum atomic E-state index is 1.31. The highest BCUT2D eigenvalue weighted by molar-refractivity contribution is 6.25. The van der Waals surface area contributed by atoms with Crippen LogP contribution in [-0.2, 0) is 0 Å². The van der Waals surface area contributed by atoms with Gasteiger partial charge in [-0.3, -0.25) is 0 Å². The molecule has 0 heterocycles. The molecule has 0 amide bonds. The highest BCUT2D eigenvalue weighted by atomic mass is 14.1. The molecule has 108 heavy (non-hydrogen) atoms. The van der Waals surface area contributed by atoms with E-state index < -0.39 is 0 Å². The van der Waals surface area contributed by atoms with Crippen molar-refractivity contribution in [3.8, 4) is 0 Å². The second-order valence-corrected chi connectivity index (χ2v) is 28.0. The molecule has 0 bridgehead atoms. The standard InChI is InChI=1S/6C18H12/c6*1-3-7-16-13(5-1)9-11-15-12-10-14-6-2-4-8-17(14)18(15)16/h6*1-12H. The van der Waals surface area contributed by atoms with Gasteiger partial charge in [0.05, 0.1) is 0 Å². The third kappa shape index (κ3) is 12.2. The molecule has 0 aromatic heterocycles. The van der Waals surface area contributed by atoms with Gasteiger partial charge in [0.25, 0.3) is 0 Å². The van der Waals surface area contributed by atoms with E-state index in [9.17, 15) is 0 Å². The third-order valence-electron chi connectivity index (χ3n) is 21.8. The van der Waals surface area contributed by atoms with Crippen LogP contribution >= 0.6 is 0 Å². The summed E-state index contributed by atoms with van der Waals surface area (Å²) in [6, 6.07) is 156. The van der Waals surface area contributed by atoms with Crippen molar-refractivity contribution >= 4 is 194 Å². The fourth-order valence-electron chi connectivity index (χ4n) is 16.7. The van der Waals surface area contributed by atoms with Crippen LogP contribution in [0.15, 0.2) is 437 Å². The number of rotatable bonds is 0. The van der Waals surface area contributed by atoms with Crippen molar-refractivity contribution in [1.29, 1.82) is 0 Å². The first-order valence-electron chi connectivity index (χ1n) is 37.4. The van der Waals surface area contributed by atoms with E-state index >= 15 is 0 Å². The minimum Gasteiger partial charge on any atom is -0.0616 e. The molecule has 0 aliphatic rings. The zero-order valence-electron chi connectivity index (χ0n) is 59.6. The van der Waals surface area contributed by atoms with Crippen molar-refractivity contribution < 1.29 is 0 Å². The fraction of sp³-hybridized carbons (Fsp3) is 0. The van der Waals surface area contributed by atoms with Crippen molar-refractivity contribution in [1.82, 2.24) is 0 Å². The van der Waals surface area contributed by atoms with Gasteiger partial charge in [-0.25, -0.2) is 0 Å². The van der Waals surface area contributed by atoms with Crippen molar-refractivity contribution in [3.05, 3.63) is 437 Å². The van der Waals surface area contributed by atoms with Crippen LogP contribution in [0.25, 0.3) is 194 Å². The van der Waals surface area contributed by atoms with E-state index in [1.54, 1.807) is 0 Å². The van der Waals surface area contributed by atoms with Gasteiger partial charge in [-0.05, 0) is 194 Å². The summed E-state index contributed by atoms with van der Waals surface area (Å²) in [7, 11) is 0. The number of hydrogen-bond acceptors (Lipinski definition) is 0. The lowest BCUT2D eigenvalue weighted by Gasteiger charge is -2.07. The summed E-state index contributed by atoms with van der Waals surface area (Å²) in [5.41, 5.74) is 0. The molecule has 0 atom stereocenters. The van der Waals surface area contributed by atoms with Gasteiger partial charge in [0.15, 0.2) is 0 Å². The Morgan fingerprint density at radius 3 is 0.231 bits per heavy atom. The van der Waals surface area contributed by atoms with Crippen LogP contribution in [0.5, 0.6) is 0 Å². The molecule has 0 fully saturated rings. The molecule has 24 rings (SSSR count). The maximum Gasteiger partial charge on any atom is -0.00268 e. The summed E-state index contributed by atoms with van der Waals surface area (Å²) in [4.78, 5) is 0. The van der Waals surface area contributed by atoms with Crippen LogP contribution in [0.1, 0.15) is 0 Å². The summed E-state index contributed by atoms with van der Waals surface area (Å²) < 4.78 is 0. The van der Waals surface area contributed by atoms with Crippen molar-refractivity contribution in [2.75, 3.05) is 0 Å². The molecule has 0 aliphatic carbocycles. The summed E-state index contributed by atoms with van der Waals surface area (Å²) >= 11 is 0. The first-order valence-corrected chi connectivity index (χ1v) is 37.4. The number of benzene rings is 24. The Morgan fingerprint density at radius 2 is 0.139 bits per heavy atom. The fourth-order valence-corrected chi connectivity index (χ4v) is 16.7. The number of fused-ring (bicyclic) bond motifs is 30. The second kappa shape index (κ2) is 28.5. The largest absolute Gasteiger partial charge is 0.0616 e. The molecule has 0 saturated heterocycles. The van der Waals surface area contributed by atoms with Gasteiger partial charge in [0, 0.05) is 0 Å². The normalized spacial score (nSPS) is 11.3. The van der Waals surface area contributed by atoms with E-state index in [4.69, 9.17) is 0 Å². The van der Waals surface area contributed by atoms with Crippen LogP contribution in [0.2, 0.25) is 0 Å². The highest BCUT2D eigenvalue weighted by Crippen LogP contribution is 2.39. The average molecular weight is 1370 g/mol. The minimum absolute atomic E-state index is 1.31. The van der Waals surface area contributed by atoms with Gasteiger partial charge in [-0.15, -0.1) is 0 Å². The quantitative estimate of drug-likeness (QED) is 0.133. The predicted molar refractivity (Wildman–Crippen MR) is 474 cm³/mol. The topological polar surface area (TPSA) is 0 Å². The van der Waals surface area contributed by atoms with Gasteiger partial charge in [-0.1, -0.05) is 437 Å². The van der Waals surface area contributed by atoms with E-state index in [1.807, 2.05) is 0 Å². The van der Waals surface area contributed by atoms with Gasteiger partial charge in [-0.2, -0.15) is 0 Å². The van der Waals surface area contributed by atoms with E-state index in [0.717, 1.165) is 0 Å². The van der Waals surface area contributed by atoms with Crippen LogP contribution in [-0.4, -0.2) is 0 Å². The predicted octanol–water partition coefficient (Wildman–Crippen LogP) is 30.9. The van der Waals surface area contributed by atoms with Crippen molar-refractivity contribution in [2.45, 2.75) is 0 Å². The third-order valence-corrected chi connectivity index (χ3v) is 21.8. The van der Waals surface area contributed by atoms with E-state index in [2.05, 4.69) is 437 Å². The van der Waals surface area contributed by atoms with Crippen LogP contribution in [0.3, 0.4) is 0 Å². The Morgan fingerprint density at radius 1 is 0.0648 bits per heavy atom. The Balaban J connectivity index is 0.0000000882. The summed E-state index contributed by atoms with van der Waals surface area (Å²) in [5, 5.41) is 47.8. The Bertz CT molecular complexity index is 5980. The zero-order valence-corrected chi connectivity index (χ0v) is 59.6. The molecule has 0 spiro atoms. The van der Waals surface area contributed by atoms with E-state index in [1.165, 1.54) is 194 Å². The monoisotopic (exact) mass is 1370 g/mol. The molecule has 0 nitrogen and oxygen atoms in total. The van der Waals surface area contributed by atoms with Gasteiger partial charge < -0.3 is 0 Å². The van der Waals surface area contributed by atoms with E-state index in [-0.39, 0.29) is 0 Å². The Labute approximate surface area is 626 Å². The SMILES string of the molecule is c1ccc2c(c1)ccc1ccc3ccccc3c12.c1ccc2c(c1)ccc1ccc3ccccc3c12.c1ccc2c(c1)ccc1ccc3ccccc3c12.c1ccc2c(c1)ccc1ccc3ccccc3c12.c1ccc2c(c1)ccc1ccc3ccccc3c12.c1ccc2c(c1)ccc1ccc3ccccc3c12. The van der Waals surface area contributed by atoms with Crippen LogP contribution in [0.4, 0.5) is 0 Å². The number of hydrogen-bond donors (Lipinski definition) is 0. The summed E-state index contributed by atoms with van der Waals surface area (Å²) in [6.45, 7) is 0. The molecule has 0 heteroatoms. The maximum atomic E-state index is 2.21. The van der Waals surface area contributed by atoms with Gasteiger partial charge in [0.1, 0.15) is 0 Å². The lowest BCUT2D eigenvalue weighted by atomic mass is 9.97. The molecule has 0 radical (unpaired) electrons. The van der Waals surface area contributed by atoms with Crippen molar-refractivity contribution in [3.63, 3.8) is 0 Å². The van der Waals surface area contributed by atoms with E-state index in [0.29, 0.717) is 0 Å². The summed E-state index contributed by atoms with van der Waals surface area (Å²) in [6.07, 6.45) is 0. The zero-order chi connectivity index (χ0) is 71.7. The van der Waals surface area contributed by atoms with Crippen LogP contribution in [0, 0.1) is 0 Å². The molecule has 0 unspecified atom stereocenters. The first kappa shape index (κ1) is 64.8. The molecule has 0 N–H and O–H groups in total. The molecule has 0 saturated carbocycles. The highest BCUT2D eigenvalue weighted by Gasteiger charge is 2.11. The first-order chi connectivity index (χ1) is 53.6. The summed E-state index contributed by atoms with van der Waals surface area (Å²) in [5.74, 6) is 0. The molecule has 0 aliphatic heterocycles. The van der Waals surface area contributed by atoms with Crippen molar-refractivity contribution in [2.24, 2.45) is 0 Å². The molecular formula is C108H72. The molecule has 504 valence electrons. The Kier molecular flexibility index (Phi) is 17.1. The molecular weight excluding hydrogens is 1300 g/mol. The molecule has 24 aromatic rings. The lowest BCUT2D eigenvalue weighted by molar-refractivity contribution is 1.77. The smallest absolute Gasteiger partial charge is 0.00268 e. The second-order valence-electron chi connectivity index (χ2n) is 28.0. The lowest BCUT2D eigenvalue weighted by Crippen LogP contribution is -1.80. The van der Waals surface area contributed by atoms with Crippen LogP contribution < -0.4 is 0 Å². The molecule has 24 aromatic carbocycles. The van der Waals surface area contributed by atoms with Gasteiger partial charge in [0.2, 0.25) is 0 Å². The average Bonchev–Trinajstić information content (AvgIpc) is 0.800. The maximum absolute atomic E-state index is 2.21.